The zero-order valence-corrected chi connectivity index (χ0v) is 13.2. The Kier molecular flexibility index (Phi) is 3.55. The average Bonchev–Trinajstić information content (AvgIpc) is 2.61. The number of fused-ring (bicyclic) bond motifs is 2. The number of halogens is 1. The quantitative estimate of drug-likeness (QED) is 0.561. The van der Waals surface area contributed by atoms with Gasteiger partial charge in [0.2, 0.25) is 0 Å². The van der Waals surface area contributed by atoms with E-state index >= 15 is 0 Å². The molecule has 6 heteroatoms. The number of rotatable bonds is 2. The number of benzene rings is 2. The second-order valence-electron chi connectivity index (χ2n) is 5.23. The summed E-state index contributed by atoms with van der Waals surface area (Å²) in [7, 11) is 0. The Hall–Kier alpha value is -3.05. The number of amides is 1. The monoisotopic (exact) mass is 334 g/mol. The highest BCUT2D eigenvalue weighted by Crippen LogP contribution is 2.18. The Balaban J connectivity index is 1.69. The summed E-state index contributed by atoms with van der Waals surface area (Å²) in [6.45, 7) is 0. The van der Waals surface area contributed by atoms with Crippen LogP contribution in [0.5, 0.6) is 0 Å². The minimum absolute atomic E-state index is 0.262. The molecule has 5 nitrogen and oxygen atoms in total. The lowest BCUT2D eigenvalue weighted by molar-refractivity contribution is 0.102. The maximum absolute atomic E-state index is 12.4. The zero-order chi connectivity index (χ0) is 16.5. The molecular formula is C18H11ClN4O. The van der Waals surface area contributed by atoms with E-state index in [9.17, 15) is 4.79 Å². The van der Waals surface area contributed by atoms with Gasteiger partial charge in [-0.15, -0.1) is 0 Å². The van der Waals surface area contributed by atoms with E-state index in [0.717, 1.165) is 16.6 Å². The van der Waals surface area contributed by atoms with Crippen molar-refractivity contribution in [3.8, 4) is 0 Å². The number of anilines is 1. The molecule has 0 saturated heterocycles. The maximum Gasteiger partial charge on any atom is 0.256 e. The predicted molar refractivity (Wildman–Crippen MR) is 94.2 cm³/mol. The number of para-hydroxylation sites is 2. The minimum atomic E-state index is -0.262. The van der Waals surface area contributed by atoms with E-state index in [1.165, 1.54) is 6.20 Å². The van der Waals surface area contributed by atoms with Crippen molar-refractivity contribution in [2.24, 2.45) is 0 Å². The Morgan fingerprint density at radius 3 is 2.29 bits per heavy atom. The van der Waals surface area contributed by atoms with E-state index in [1.54, 1.807) is 30.3 Å². The summed E-state index contributed by atoms with van der Waals surface area (Å²) in [6.07, 6.45) is 1.48. The molecule has 1 N–H and O–H groups in total. The third-order valence-corrected chi connectivity index (χ3v) is 3.79. The Morgan fingerprint density at radius 1 is 0.875 bits per heavy atom. The standard InChI is InChI=1S/C18H11ClN4O/c19-12-6-8-17(20-10-12)23-18(24)11-5-7-15-16(9-11)22-14-4-2-1-3-13(14)21-15/h1-10H,(H,20,23,24). The molecule has 4 rings (SSSR count). The fraction of sp³-hybridized carbons (Fsp3) is 0. The van der Waals surface area contributed by atoms with E-state index in [-0.39, 0.29) is 5.91 Å². The Morgan fingerprint density at radius 2 is 1.58 bits per heavy atom. The molecule has 2 aromatic heterocycles. The smallest absolute Gasteiger partial charge is 0.256 e. The molecule has 2 heterocycles. The van der Waals surface area contributed by atoms with Crippen LogP contribution in [0.3, 0.4) is 0 Å². The number of hydrogen-bond acceptors (Lipinski definition) is 4. The Labute approximate surface area is 142 Å². The molecule has 0 fully saturated rings. The van der Waals surface area contributed by atoms with Crippen LogP contribution in [0, 0.1) is 0 Å². The summed E-state index contributed by atoms with van der Waals surface area (Å²) in [4.78, 5) is 25.5. The second kappa shape index (κ2) is 5.86. The van der Waals surface area contributed by atoms with Gasteiger partial charge in [-0.1, -0.05) is 23.7 Å². The van der Waals surface area contributed by atoms with E-state index in [1.807, 2.05) is 24.3 Å². The summed E-state index contributed by atoms with van der Waals surface area (Å²) in [6, 6.07) is 16.2. The highest BCUT2D eigenvalue weighted by Gasteiger charge is 2.09. The topological polar surface area (TPSA) is 67.8 Å². The Bertz CT molecular complexity index is 1060. The normalized spacial score (nSPS) is 10.9. The fourth-order valence-corrected chi connectivity index (χ4v) is 2.51. The predicted octanol–water partition coefficient (Wildman–Crippen LogP) is 4.08. The van der Waals surface area contributed by atoms with Crippen molar-refractivity contribution in [2.75, 3.05) is 5.32 Å². The van der Waals surface area contributed by atoms with Crippen LogP contribution < -0.4 is 5.32 Å². The number of nitrogens with one attached hydrogen (secondary N) is 1. The molecule has 0 atom stereocenters. The van der Waals surface area contributed by atoms with Crippen molar-refractivity contribution in [1.82, 2.24) is 15.0 Å². The van der Waals surface area contributed by atoms with Gasteiger partial charge in [-0.25, -0.2) is 15.0 Å². The van der Waals surface area contributed by atoms with Gasteiger partial charge in [-0.2, -0.15) is 0 Å². The van der Waals surface area contributed by atoms with Gasteiger partial charge in [0.15, 0.2) is 0 Å². The molecule has 0 bridgehead atoms. The third-order valence-electron chi connectivity index (χ3n) is 3.57. The first-order valence-corrected chi connectivity index (χ1v) is 7.66. The molecule has 0 aliphatic carbocycles. The van der Waals surface area contributed by atoms with Gasteiger partial charge in [0.05, 0.1) is 27.1 Å². The summed E-state index contributed by atoms with van der Waals surface area (Å²) >= 11 is 5.79. The molecule has 116 valence electrons. The number of nitrogens with zero attached hydrogens (tertiary/aromatic N) is 3. The van der Waals surface area contributed by atoms with E-state index in [4.69, 9.17) is 11.6 Å². The first-order chi connectivity index (χ1) is 11.7. The van der Waals surface area contributed by atoms with Gasteiger partial charge >= 0.3 is 0 Å². The fourth-order valence-electron chi connectivity index (χ4n) is 2.40. The van der Waals surface area contributed by atoms with Crippen LogP contribution in [0.25, 0.3) is 22.1 Å². The van der Waals surface area contributed by atoms with Crippen molar-refractivity contribution >= 4 is 45.4 Å². The number of pyridine rings is 1. The minimum Gasteiger partial charge on any atom is -0.307 e. The van der Waals surface area contributed by atoms with Gasteiger partial charge in [-0.05, 0) is 42.5 Å². The van der Waals surface area contributed by atoms with Crippen molar-refractivity contribution in [1.29, 1.82) is 0 Å². The molecular weight excluding hydrogens is 324 g/mol. The lowest BCUT2D eigenvalue weighted by Gasteiger charge is -2.06. The number of carbonyl (C=O) groups excluding carboxylic acids is 1. The first-order valence-electron chi connectivity index (χ1n) is 7.28. The molecule has 0 aliphatic heterocycles. The molecule has 0 unspecified atom stereocenters. The van der Waals surface area contributed by atoms with Crippen molar-refractivity contribution in [3.05, 3.63) is 71.4 Å². The number of carbonyl (C=O) groups is 1. The molecule has 2 aromatic carbocycles. The molecule has 0 saturated carbocycles. The average molecular weight is 335 g/mol. The summed E-state index contributed by atoms with van der Waals surface area (Å²) in [5, 5.41) is 3.25. The highest BCUT2D eigenvalue weighted by molar-refractivity contribution is 6.30. The summed E-state index contributed by atoms with van der Waals surface area (Å²) in [5.41, 5.74) is 3.53. The SMILES string of the molecule is O=C(Nc1ccc(Cl)cn1)c1ccc2nc3ccccc3nc2c1. The van der Waals surface area contributed by atoms with Crippen molar-refractivity contribution < 1.29 is 4.79 Å². The summed E-state index contributed by atoms with van der Waals surface area (Å²) < 4.78 is 0. The van der Waals surface area contributed by atoms with Gasteiger partial charge in [0, 0.05) is 11.8 Å². The first kappa shape index (κ1) is 14.5. The van der Waals surface area contributed by atoms with Gasteiger partial charge in [0.25, 0.3) is 5.91 Å². The second-order valence-corrected chi connectivity index (χ2v) is 5.67. The lowest BCUT2D eigenvalue weighted by atomic mass is 10.1. The lowest BCUT2D eigenvalue weighted by Crippen LogP contribution is -2.12. The molecule has 4 aromatic rings. The van der Waals surface area contributed by atoms with Crippen LogP contribution in [0.4, 0.5) is 5.82 Å². The number of hydrogen-bond donors (Lipinski definition) is 1. The molecule has 0 aliphatic rings. The summed E-state index contributed by atoms with van der Waals surface area (Å²) in [5.74, 6) is 0.177. The van der Waals surface area contributed by atoms with Crippen LogP contribution in [0.1, 0.15) is 10.4 Å². The highest BCUT2D eigenvalue weighted by atomic mass is 35.5. The van der Waals surface area contributed by atoms with Crippen LogP contribution in [-0.2, 0) is 0 Å². The van der Waals surface area contributed by atoms with Crippen molar-refractivity contribution in [3.63, 3.8) is 0 Å². The van der Waals surface area contributed by atoms with Crippen LogP contribution in [0.2, 0.25) is 5.02 Å². The van der Waals surface area contributed by atoms with Crippen LogP contribution in [-0.4, -0.2) is 20.9 Å². The van der Waals surface area contributed by atoms with Gasteiger partial charge < -0.3 is 5.32 Å². The molecule has 0 radical (unpaired) electrons. The van der Waals surface area contributed by atoms with Crippen LogP contribution >= 0.6 is 11.6 Å². The number of aromatic nitrogens is 3. The zero-order valence-electron chi connectivity index (χ0n) is 12.4. The van der Waals surface area contributed by atoms with E-state index in [2.05, 4.69) is 20.3 Å². The van der Waals surface area contributed by atoms with Gasteiger partial charge in [0.1, 0.15) is 5.82 Å². The van der Waals surface area contributed by atoms with E-state index < -0.39 is 0 Å². The molecule has 0 spiro atoms. The third kappa shape index (κ3) is 2.77. The van der Waals surface area contributed by atoms with E-state index in [0.29, 0.717) is 21.9 Å². The van der Waals surface area contributed by atoms with Crippen molar-refractivity contribution in [2.45, 2.75) is 0 Å². The molecule has 24 heavy (non-hydrogen) atoms. The van der Waals surface area contributed by atoms with Gasteiger partial charge in [-0.3, -0.25) is 4.79 Å². The largest absolute Gasteiger partial charge is 0.307 e. The van der Waals surface area contributed by atoms with Crippen LogP contribution in [0.15, 0.2) is 60.8 Å². The maximum atomic E-state index is 12.4. The molecule has 1 amide bonds.